The molecule has 33 heavy (non-hydrogen) atoms. The lowest BCUT2D eigenvalue weighted by Gasteiger charge is -2.24. The van der Waals surface area contributed by atoms with Crippen molar-refractivity contribution in [3.05, 3.63) is 90.0 Å². The number of rotatable bonds is 8. The molecule has 0 aliphatic carbocycles. The van der Waals surface area contributed by atoms with Crippen molar-refractivity contribution in [2.75, 3.05) is 5.32 Å². The van der Waals surface area contributed by atoms with Crippen molar-refractivity contribution in [1.82, 2.24) is 0 Å². The highest BCUT2D eigenvalue weighted by Gasteiger charge is 2.31. The van der Waals surface area contributed by atoms with E-state index >= 15 is 0 Å². The number of hydrogen-bond acceptors (Lipinski definition) is 3. The zero-order valence-corrected chi connectivity index (χ0v) is 19.4. The molecule has 5 heteroatoms. The number of aliphatic carboxylic acids is 1. The van der Waals surface area contributed by atoms with Crippen LogP contribution < -0.4 is 5.32 Å². The summed E-state index contributed by atoms with van der Waals surface area (Å²) < 4.78 is 0. The molecule has 0 fully saturated rings. The molecule has 0 aliphatic rings. The van der Waals surface area contributed by atoms with Crippen molar-refractivity contribution < 1.29 is 19.5 Å². The molecule has 3 rings (SSSR count). The van der Waals surface area contributed by atoms with Crippen LogP contribution in [0.4, 0.5) is 5.69 Å². The molecule has 0 heterocycles. The fourth-order valence-corrected chi connectivity index (χ4v) is 3.45. The van der Waals surface area contributed by atoms with E-state index in [0.29, 0.717) is 11.3 Å². The van der Waals surface area contributed by atoms with Crippen LogP contribution >= 0.6 is 0 Å². The number of carbonyl (C=O) groups is 3. The van der Waals surface area contributed by atoms with Crippen LogP contribution in [-0.4, -0.2) is 22.8 Å². The highest BCUT2D eigenvalue weighted by Crippen LogP contribution is 2.28. The summed E-state index contributed by atoms with van der Waals surface area (Å²) in [7, 11) is 0. The number of benzene rings is 3. The molecule has 170 valence electrons. The summed E-state index contributed by atoms with van der Waals surface area (Å²) in [5.41, 5.74) is 2.23. The van der Waals surface area contributed by atoms with Crippen LogP contribution in [0.1, 0.15) is 50.0 Å². The molecule has 0 spiro atoms. The SMILES string of the molecule is CC(C)(CC(=O)c1ccc(-c2ccc(NC(=O)C(C)(C)c3ccccc3)cc2)cc1)C(=O)O. The Balaban J connectivity index is 1.68. The van der Waals surface area contributed by atoms with Crippen LogP contribution in [0.5, 0.6) is 0 Å². The number of ketones is 1. The van der Waals surface area contributed by atoms with Gasteiger partial charge in [0.1, 0.15) is 0 Å². The first-order chi connectivity index (χ1) is 15.5. The summed E-state index contributed by atoms with van der Waals surface area (Å²) in [6.07, 6.45) is -0.0601. The second-order valence-corrected chi connectivity index (χ2v) is 9.39. The molecule has 1 amide bonds. The van der Waals surface area contributed by atoms with E-state index in [4.69, 9.17) is 0 Å². The third kappa shape index (κ3) is 5.55. The number of carboxylic acid groups (broad SMARTS) is 1. The van der Waals surface area contributed by atoms with Crippen molar-refractivity contribution in [2.45, 2.75) is 39.5 Å². The van der Waals surface area contributed by atoms with Gasteiger partial charge in [0, 0.05) is 17.7 Å². The van der Waals surface area contributed by atoms with Gasteiger partial charge in [0.2, 0.25) is 5.91 Å². The third-order valence-electron chi connectivity index (χ3n) is 5.93. The first-order valence-electron chi connectivity index (χ1n) is 10.8. The van der Waals surface area contributed by atoms with E-state index in [1.165, 1.54) is 0 Å². The number of carbonyl (C=O) groups excluding carboxylic acids is 2. The minimum atomic E-state index is -1.11. The Morgan fingerprint density at radius 3 is 1.79 bits per heavy atom. The Bertz CT molecular complexity index is 1140. The minimum absolute atomic E-state index is 0.0601. The van der Waals surface area contributed by atoms with Crippen LogP contribution in [0.15, 0.2) is 78.9 Å². The number of anilines is 1. The van der Waals surface area contributed by atoms with Crippen molar-refractivity contribution in [3.63, 3.8) is 0 Å². The van der Waals surface area contributed by atoms with E-state index in [1.807, 2.05) is 80.6 Å². The quantitative estimate of drug-likeness (QED) is 0.421. The van der Waals surface area contributed by atoms with E-state index in [1.54, 1.807) is 26.0 Å². The lowest BCUT2D eigenvalue weighted by molar-refractivity contribution is -0.146. The lowest BCUT2D eigenvalue weighted by atomic mass is 9.83. The lowest BCUT2D eigenvalue weighted by Crippen LogP contribution is -2.34. The Kier molecular flexibility index (Phi) is 6.82. The molecule has 0 aromatic heterocycles. The van der Waals surface area contributed by atoms with Crippen molar-refractivity contribution in [1.29, 1.82) is 0 Å². The third-order valence-corrected chi connectivity index (χ3v) is 5.93. The van der Waals surface area contributed by atoms with E-state index in [-0.39, 0.29) is 18.1 Å². The van der Waals surface area contributed by atoms with Crippen LogP contribution in [0, 0.1) is 5.41 Å². The van der Waals surface area contributed by atoms with Crippen LogP contribution in [0.25, 0.3) is 11.1 Å². The second kappa shape index (κ2) is 9.41. The van der Waals surface area contributed by atoms with Crippen LogP contribution in [0.2, 0.25) is 0 Å². The summed E-state index contributed by atoms with van der Waals surface area (Å²) in [5.74, 6) is -1.28. The fourth-order valence-electron chi connectivity index (χ4n) is 3.45. The molecule has 0 radical (unpaired) electrons. The molecule has 2 N–H and O–H groups in total. The Morgan fingerprint density at radius 2 is 1.27 bits per heavy atom. The van der Waals surface area contributed by atoms with E-state index in [9.17, 15) is 19.5 Å². The molecule has 0 saturated heterocycles. The number of nitrogens with one attached hydrogen (secondary N) is 1. The molecule has 0 saturated carbocycles. The zero-order chi connectivity index (χ0) is 24.2. The molecule has 3 aromatic rings. The topological polar surface area (TPSA) is 83.5 Å². The molecule has 0 bridgehead atoms. The van der Waals surface area contributed by atoms with Crippen LogP contribution in [-0.2, 0) is 15.0 Å². The van der Waals surface area contributed by atoms with Crippen molar-refractivity contribution >= 4 is 23.3 Å². The summed E-state index contributed by atoms with van der Waals surface area (Å²) in [6.45, 7) is 6.88. The molecular formula is C28H29NO4. The van der Waals surface area contributed by atoms with Crippen molar-refractivity contribution in [3.8, 4) is 11.1 Å². The summed E-state index contributed by atoms with van der Waals surface area (Å²) in [4.78, 5) is 36.6. The average Bonchev–Trinajstić information content (AvgIpc) is 2.80. The summed E-state index contributed by atoms with van der Waals surface area (Å²) >= 11 is 0. The van der Waals surface area contributed by atoms with E-state index in [2.05, 4.69) is 5.32 Å². The molecular weight excluding hydrogens is 414 g/mol. The highest BCUT2D eigenvalue weighted by atomic mass is 16.4. The average molecular weight is 444 g/mol. The monoisotopic (exact) mass is 443 g/mol. The number of amides is 1. The van der Waals surface area contributed by atoms with Gasteiger partial charge < -0.3 is 10.4 Å². The predicted octanol–water partition coefficient (Wildman–Crippen LogP) is 5.95. The highest BCUT2D eigenvalue weighted by molar-refractivity contribution is 5.99. The number of hydrogen-bond donors (Lipinski definition) is 2. The van der Waals surface area contributed by atoms with Crippen LogP contribution in [0.3, 0.4) is 0 Å². The number of carboxylic acids is 1. The Morgan fingerprint density at radius 1 is 0.758 bits per heavy atom. The molecule has 0 atom stereocenters. The maximum absolute atomic E-state index is 12.9. The van der Waals surface area contributed by atoms with E-state index < -0.39 is 16.8 Å². The second-order valence-electron chi connectivity index (χ2n) is 9.39. The van der Waals surface area contributed by atoms with Gasteiger partial charge in [-0.15, -0.1) is 0 Å². The van der Waals surface area contributed by atoms with Gasteiger partial charge in [-0.2, -0.15) is 0 Å². The van der Waals surface area contributed by atoms with Gasteiger partial charge in [-0.25, -0.2) is 0 Å². The normalized spacial score (nSPS) is 11.6. The minimum Gasteiger partial charge on any atom is -0.481 e. The molecule has 3 aromatic carbocycles. The summed E-state index contributed by atoms with van der Waals surface area (Å²) in [5, 5.41) is 12.2. The Hall–Kier alpha value is -3.73. The predicted molar refractivity (Wildman–Crippen MR) is 130 cm³/mol. The zero-order valence-electron chi connectivity index (χ0n) is 19.4. The largest absolute Gasteiger partial charge is 0.481 e. The smallest absolute Gasteiger partial charge is 0.309 e. The van der Waals surface area contributed by atoms with Gasteiger partial charge in [-0.1, -0.05) is 66.7 Å². The standard InChI is InChI=1S/C28H29NO4/c1-27(2,26(32)33)18-24(30)21-12-10-19(11-13-21)20-14-16-23(17-15-20)29-25(31)28(3,4)22-8-6-5-7-9-22/h5-17H,18H2,1-4H3,(H,29,31)(H,32,33). The van der Waals surface area contributed by atoms with Gasteiger partial charge >= 0.3 is 5.97 Å². The molecule has 0 unspecified atom stereocenters. The number of Topliss-reactive ketones (excluding diaryl/α,β-unsaturated/α-hetero) is 1. The Labute approximate surface area is 194 Å². The molecule has 5 nitrogen and oxygen atoms in total. The van der Waals surface area contributed by atoms with Gasteiger partial charge in [0.15, 0.2) is 5.78 Å². The van der Waals surface area contributed by atoms with Gasteiger partial charge in [-0.05, 0) is 56.5 Å². The maximum Gasteiger partial charge on any atom is 0.309 e. The molecule has 0 aliphatic heterocycles. The summed E-state index contributed by atoms with van der Waals surface area (Å²) in [6, 6.07) is 24.3. The van der Waals surface area contributed by atoms with Gasteiger partial charge in [-0.3, -0.25) is 14.4 Å². The van der Waals surface area contributed by atoms with Crippen molar-refractivity contribution in [2.24, 2.45) is 5.41 Å². The van der Waals surface area contributed by atoms with E-state index in [0.717, 1.165) is 16.7 Å². The fraction of sp³-hybridized carbons (Fsp3) is 0.250. The van der Waals surface area contributed by atoms with Gasteiger partial charge in [0.05, 0.1) is 10.8 Å². The first kappa shape index (κ1) is 23.9. The van der Waals surface area contributed by atoms with Gasteiger partial charge in [0.25, 0.3) is 0 Å². The first-order valence-corrected chi connectivity index (χ1v) is 10.8. The maximum atomic E-state index is 12.9.